The first-order valence-corrected chi connectivity index (χ1v) is 5.83. The van der Waals surface area contributed by atoms with Crippen molar-refractivity contribution in [2.45, 2.75) is 25.8 Å². The third-order valence-corrected chi connectivity index (χ3v) is 2.76. The number of hydrogen-bond acceptors (Lipinski definition) is 4. The first-order valence-electron chi connectivity index (χ1n) is 5.83. The largest absolute Gasteiger partial charge is 0.424 e. The van der Waals surface area contributed by atoms with E-state index in [1.54, 1.807) is 0 Å². The first-order chi connectivity index (χ1) is 8.29. The smallest absolute Gasteiger partial charge is 0.233 e. The quantitative estimate of drug-likeness (QED) is 0.856. The molecular formula is C13H17N3O. The Balaban J connectivity index is 1.94. The molecule has 0 aliphatic heterocycles. The third kappa shape index (κ3) is 3.14. The zero-order valence-corrected chi connectivity index (χ0v) is 10.2. The summed E-state index contributed by atoms with van der Waals surface area (Å²) in [4.78, 5) is 0. The van der Waals surface area contributed by atoms with Gasteiger partial charge in [0.15, 0.2) is 0 Å². The highest BCUT2D eigenvalue weighted by atomic mass is 16.4. The van der Waals surface area contributed by atoms with Crippen molar-refractivity contribution in [3.05, 3.63) is 47.7 Å². The second-order valence-corrected chi connectivity index (χ2v) is 4.03. The highest BCUT2D eigenvalue weighted by molar-refractivity contribution is 5.15. The molecule has 1 atom stereocenters. The molecule has 17 heavy (non-hydrogen) atoms. The van der Waals surface area contributed by atoms with E-state index in [9.17, 15) is 0 Å². The van der Waals surface area contributed by atoms with Crippen molar-refractivity contribution in [2.75, 3.05) is 7.05 Å². The number of nitrogens with one attached hydrogen (secondary N) is 1. The van der Waals surface area contributed by atoms with E-state index in [1.807, 2.05) is 32.2 Å². The summed E-state index contributed by atoms with van der Waals surface area (Å²) in [7, 11) is 1.87. The summed E-state index contributed by atoms with van der Waals surface area (Å²) in [6.07, 6.45) is 1.71. The zero-order valence-electron chi connectivity index (χ0n) is 10.2. The van der Waals surface area contributed by atoms with Crippen molar-refractivity contribution in [3.8, 4) is 0 Å². The van der Waals surface area contributed by atoms with Gasteiger partial charge in [0.1, 0.15) is 0 Å². The molecule has 0 spiro atoms. The van der Waals surface area contributed by atoms with Crippen molar-refractivity contribution in [2.24, 2.45) is 0 Å². The Morgan fingerprint density at radius 3 is 2.65 bits per heavy atom. The Bertz CT molecular complexity index is 453. The summed E-state index contributed by atoms with van der Waals surface area (Å²) in [5, 5.41) is 11.1. The summed E-state index contributed by atoms with van der Waals surface area (Å²) >= 11 is 0. The molecule has 0 aliphatic carbocycles. The van der Waals surface area contributed by atoms with Gasteiger partial charge in [-0.2, -0.15) is 0 Å². The van der Waals surface area contributed by atoms with Crippen LogP contribution in [0.25, 0.3) is 0 Å². The molecule has 0 saturated carbocycles. The van der Waals surface area contributed by atoms with Crippen LogP contribution < -0.4 is 5.32 Å². The van der Waals surface area contributed by atoms with Gasteiger partial charge in [-0.1, -0.05) is 30.3 Å². The van der Waals surface area contributed by atoms with Gasteiger partial charge in [0.05, 0.1) is 6.04 Å². The summed E-state index contributed by atoms with van der Waals surface area (Å²) in [5.74, 6) is 1.35. The van der Waals surface area contributed by atoms with E-state index >= 15 is 0 Å². The number of nitrogens with zero attached hydrogens (tertiary/aromatic N) is 2. The zero-order chi connectivity index (χ0) is 12.1. The average Bonchev–Trinajstić information content (AvgIpc) is 2.85. The van der Waals surface area contributed by atoms with Crippen LogP contribution in [0.15, 0.2) is 34.7 Å². The summed E-state index contributed by atoms with van der Waals surface area (Å²) in [6, 6.07) is 10.4. The molecule has 2 aromatic rings. The molecule has 0 saturated heterocycles. The monoisotopic (exact) mass is 231 g/mol. The topological polar surface area (TPSA) is 51.0 Å². The molecular weight excluding hydrogens is 214 g/mol. The Hall–Kier alpha value is -1.68. The van der Waals surface area contributed by atoms with Crippen LogP contribution in [0, 0.1) is 0 Å². The molecule has 0 bridgehead atoms. The van der Waals surface area contributed by atoms with E-state index < -0.39 is 0 Å². The first kappa shape index (κ1) is 11.8. The Morgan fingerprint density at radius 1 is 1.18 bits per heavy atom. The van der Waals surface area contributed by atoms with E-state index in [1.165, 1.54) is 5.56 Å². The van der Waals surface area contributed by atoms with Crippen LogP contribution in [0.2, 0.25) is 0 Å². The molecule has 4 nitrogen and oxygen atoms in total. The van der Waals surface area contributed by atoms with Crippen LogP contribution in [0.3, 0.4) is 0 Å². The van der Waals surface area contributed by atoms with Crippen LogP contribution in [0.5, 0.6) is 0 Å². The third-order valence-electron chi connectivity index (χ3n) is 2.76. The van der Waals surface area contributed by atoms with Crippen LogP contribution >= 0.6 is 0 Å². The minimum absolute atomic E-state index is 0.105. The van der Waals surface area contributed by atoms with Crippen molar-refractivity contribution >= 4 is 0 Å². The maximum Gasteiger partial charge on any atom is 0.233 e. The Morgan fingerprint density at radius 2 is 1.94 bits per heavy atom. The summed E-state index contributed by atoms with van der Waals surface area (Å²) in [6.45, 7) is 1.99. The van der Waals surface area contributed by atoms with E-state index in [0.717, 1.165) is 12.8 Å². The second kappa shape index (κ2) is 5.59. The summed E-state index contributed by atoms with van der Waals surface area (Å²) in [5.41, 5.74) is 1.29. The molecule has 0 amide bonds. The summed E-state index contributed by atoms with van der Waals surface area (Å²) < 4.78 is 5.57. The SMILES string of the molecule is CNC(C)c1nnc(CCc2ccccc2)o1. The number of aromatic nitrogens is 2. The van der Waals surface area contributed by atoms with Crippen LogP contribution in [0.4, 0.5) is 0 Å². The van der Waals surface area contributed by atoms with E-state index in [2.05, 4.69) is 27.6 Å². The van der Waals surface area contributed by atoms with E-state index in [4.69, 9.17) is 4.42 Å². The van der Waals surface area contributed by atoms with Gasteiger partial charge in [-0.25, -0.2) is 0 Å². The predicted octanol–water partition coefficient (Wildman–Crippen LogP) is 2.14. The fourth-order valence-electron chi connectivity index (χ4n) is 1.56. The highest BCUT2D eigenvalue weighted by Gasteiger charge is 2.11. The average molecular weight is 231 g/mol. The minimum atomic E-state index is 0.105. The molecule has 0 radical (unpaired) electrons. The maximum absolute atomic E-state index is 5.57. The lowest BCUT2D eigenvalue weighted by atomic mass is 10.1. The lowest BCUT2D eigenvalue weighted by Crippen LogP contribution is -2.12. The molecule has 1 unspecified atom stereocenters. The molecule has 90 valence electrons. The number of rotatable bonds is 5. The lowest BCUT2D eigenvalue weighted by Gasteiger charge is -2.02. The second-order valence-electron chi connectivity index (χ2n) is 4.03. The van der Waals surface area contributed by atoms with Gasteiger partial charge < -0.3 is 9.73 Å². The van der Waals surface area contributed by atoms with Crippen LogP contribution in [-0.2, 0) is 12.8 Å². The van der Waals surface area contributed by atoms with Gasteiger partial charge in [-0.3, -0.25) is 0 Å². The molecule has 1 aromatic carbocycles. The molecule has 1 N–H and O–H groups in total. The van der Waals surface area contributed by atoms with Gasteiger partial charge in [-0.15, -0.1) is 10.2 Å². The van der Waals surface area contributed by atoms with E-state index in [0.29, 0.717) is 11.8 Å². The van der Waals surface area contributed by atoms with Crippen LogP contribution in [0.1, 0.15) is 30.3 Å². The van der Waals surface area contributed by atoms with Crippen molar-refractivity contribution in [3.63, 3.8) is 0 Å². The van der Waals surface area contributed by atoms with Gasteiger partial charge in [0.25, 0.3) is 0 Å². The standard InChI is InChI=1S/C13H17N3O/c1-10(14-2)13-16-15-12(17-13)9-8-11-6-4-3-5-7-11/h3-7,10,14H,8-9H2,1-2H3. The molecule has 2 rings (SSSR count). The van der Waals surface area contributed by atoms with Crippen molar-refractivity contribution < 1.29 is 4.42 Å². The van der Waals surface area contributed by atoms with Gasteiger partial charge in [0, 0.05) is 6.42 Å². The van der Waals surface area contributed by atoms with E-state index in [-0.39, 0.29) is 6.04 Å². The number of hydrogen-bond donors (Lipinski definition) is 1. The minimum Gasteiger partial charge on any atom is -0.424 e. The molecule has 4 heteroatoms. The van der Waals surface area contributed by atoms with Crippen LogP contribution in [-0.4, -0.2) is 17.2 Å². The fourth-order valence-corrected chi connectivity index (χ4v) is 1.56. The molecule has 1 aromatic heterocycles. The van der Waals surface area contributed by atoms with Gasteiger partial charge in [-0.05, 0) is 26.0 Å². The lowest BCUT2D eigenvalue weighted by molar-refractivity contribution is 0.405. The molecule has 1 heterocycles. The highest BCUT2D eigenvalue weighted by Crippen LogP contribution is 2.11. The number of benzene rings is 1. The molecule has 0 fully saturated rings. The van der Waals surface area contributed by atoms with Crippen molar-refractivity contribution in [1.29, 1.82) is 0 Å². The predicted molar refractivity (Wildman–Crippen MR) is 65.6 cm³/mol. The maximum atomic E-state index is 5.57. The number of aryl methyl sites for hydroxylation is 2. The van der Waals surface area contributed by atoms with Crippen molar-refractivity contribution in [1.82, 2.24) is 15.5 Å². The Labute approximate surface area is 101 Å². The normalized spacial score (nSPS) is 12.6. The Kier molecular flexibility index (Phi) is 3.88. The molecule has 0 aliphatic rings. The van der Waals surface area contributed by atoms with Gasteiger partial charge >= 0.3 is 0 Å². The fraction of sp³-hybridized carbons (Fsp3) is 0.385. The van der Waals surface area contributed by atoms with Gasteiger partial charge in [0.2, 0.25) is 11.8 Å².